The molecule has 0 aliphatic carbocycles. The van der Waals surface area contributed by atoms with Crippen LogP contribution in [0, 0.1) is 5.92 Å². The molecule has 8 heteroatoms. The number of alkyl halides is 3. The van der Waals surface area contributed by atoms with Crippen LogP contribution in [0.1, 0.15) is 36.8 Å². The first-order valence-corrected chi connectivity index (χ1v) is 8.57. The molecule has 0 aliphatic rings. The van der Waals surface area contributed by atoms with E-state index in [9.17, 15) is 18.0 Å². The highest BCUT2D eigenvalue weighted by molar-refractivity contribution is 5.74. The molecule has 2 rings (SSSR count). The molecule has 1 unspecified atom stereocenters. The minimum absolute atomic E-state index is 0.0342. The van der Waals surface area contributed by atoms with Crippen LogP contribution in [0.5, 0.6) is 0 Å². The molecule has 1 aromatic carbocycles. The molecule has 148 valence electrons. The molecule has 5 nitrogen and oxygen atoms in total. The normalized spacial score (nSPS) is 12.8. The van der Waals surface area contributed by atoms with Gasteiger partial charge in [-0.25, -0.2) is 4.79 Å². The first-order valence-electron chi connectivity index (χ1n) is 8.57. The molecule has 0 radical (unpaired) electrons. The third kappa shape index (κ3) is 6.97. The number of urea groups is 1. The van der Waals surface area contributed by atoms with Crippen molar-refractivity contribution in [2.24, 2.45) is 5.92 Å². The molecule has 0 spiro atoms. The Morgan fingerprint density at radius 3 is 2.59 bits per heavy atom. The number of ether oxygens (including phenoxy) is 1. The van der Waals surface area contributed by atoms with Crippen LogP contribution in [0.3, 0.4) is 0 Å². The molecule has 0 saturated carbocycles. The van der Waals surface area contributed by atoms with Gasteiger partial charge in [0, 0.05) is 13.2 Å². The third-order valence-corrected chi connectivity index (χ3v) is 3.64. The maximum atomic E-state index is 12.7. The number of nitrogens with one attached hydrogen (secondary N) is 2. The number of furan rings is 1. The average Bonchev–Trinajstić information content (AvgIpc) is 3.13. The van der Waals surface area contributed by atoms with E-state index in [-0.39, 0.29) is 13.2 Å². The van der Waals surface area contributed by atoms with Crippen LogP contribution in [-0.4, -0.2) is 19.2 Å². The highest BCUT2D eigenvalue weighted by Gasteiger charge is 2.30. The third-order valence-electron chi connectivity index (χ3n) is 3.64. The maximum absolute atomic E-state index is 12.7. The zero-order valence-electron chi connectivity index (χ0n) is 15.2. The Morgan fingerprint density at radius 1 is 1.19 bits per heavy atom. The lowest BCUT2D eigenvalue weighted by atomic mass is 10.1. The van der Waals surface area contributed by atoms with Crippen molar-refractivity contribution in [2.45, 2.75) is 32.6 Å². The van der Waals surface area contributed by atoms with E-state index in [0.29, 0.717) is 23.8 Å². The monoisotopic (exact) mass is 384 g/mol. The summed E-state index contributed by atoms with van der Waals surface area (Å²) in [5, 5.41) is 5.27. The SMILES string of the molecule is CC(C)COCC(NC(=O)NCc1cccc(C(F)(F)F)c1)c1ccco1. The summed E-state index contributed by atoms with van der Waals surface area (Å²) in [5.74, 6) is 0.880. The summed E-state index contributed by atoms with van der Waals surface area (Å²) in [5.41, 5.74) is -0.400. The molecular weight excluding hydrogens is 361 g/mol. The van der Waals surface area contributed by atoms with Crippen molar-refractivity contribution in [3.63, 3.8) is 0 Å². The zero-order chi connectivity index (χ0) is 19.9. The minimum atomic E-state index is -4.42. The summed E-state index contributed by atoms with van der Waals surface area (Å²) in [6.45, 7) is 4.75. The van der Waals surface area contributed by atoms with Crippen molar-refractivity contribution in [1.82, 2.24) is 10.6 Å². The molecule has 1 heterocycles. The van der Waals surface area contributed by atoms with Gasteiger partial charge < -0.3 is 19.8 Å². The van der Waals surface area contributed by atoms with Gasteiger partial charge in [-0.2, -0.15) is 13.2 Å². The van der Waals surface area contributed by atoms with Crippen LogP contribution in [0.2, 0.25) is 0 Å². The Labute approximate surface area is 155 Å². The van der Waals surface area contributed by atoms with E-state index >= 15 is 0 Å². The van der Waals surface area contributed by atoms with Crippen LogP contribution in [-0.2, 0) is 17.5 Å². The summed E-state index contributed by atoms with van der Waals surface area (Å²) in [4.78, 5) is 12.2. The average molecular weight is 384 g/mol. The van der Waals surface area contributed by atoms with Gasteiger partial charge in [-0.05, 0) is 35.7 Å². The van der Waals surface area contributed by atoms with E-state index in [1.165, 1.54) is 18.4 Å². The van der Waals surface area contributed by atoms with Gasteiger partial charge in [-0.15, -0.1) is 0 Å². The standard InChI is InChI=1S/C19H23F3N2O3/c1-13(2)11-26-12-16(17-7-4-8-27-17)24-18(25)23-10-14-5-3-6-15(9-14)19(20,21)22/h3-9,13,16H,10-12H2,1-2H3,(H2,23,24,25). The molecule has 1 aromatic heterocycles. The van der Waals surface area contributed by atoms with Gasteiger partial charge in [0.2, 0.25) is 0 Å². The largest absolute Gasteiger partial charge is 0.467 e. The van der Waals surface area contributed by atoms with E-state index in [2.05, 4.69) is 10.6 Å². The van der Waals surface area contributed by atoms with Gasteiger partial charge in [-0.3, -0.25) is 0 Å². The molecule has 2 amide bonds. The Kier molecular flexibility index (Phi) is 7.29. The Hall–Kier alpha value is -2.48. The van der Waals surface area contributed by atoms with Crippen molar-refractivity contribution in [3.05, 3.63) is 59.5 Å². The number of hydrogen-bond acceptors (Lipinski definition) is 3. The molecule has 0 bridgehead atoms. The van der Waals surface area contributed by atoms with E-state index < -0.39 is 23.8 Å². The lowest BCUT2D eigenvalue weighted by Gasteiger charge is -2.18. The summed E-state index contributed by atoms with van der Waals surface area (Å²) >= 11 is 0. The zero-order valence-corrected chi connectivity index (χ0v) is 15.2. The van der Waals surface area contributed by atoms with Gasteiger partial charge in [0.1, 0.15) is 11.8 Å². The van der Waals surface area contributed by atoms with E-state index in [1.807, 2.05) is 13.8 Å². The minimum Gasteiger partial charge on any atom is -0.467 e. The second-order valence-corrected chi connectivity index (χ2v) is 6.52. The van der Waals surface area contributed by atoms with Crippen LogP contribution in [0.4, 0.5) is 18.0 Å². The first-order chi connectivity index (χ1) is 12.8. The van der Waals surface area contributed by atoms with Crippen molar-refractivity contribution in [3.8, 4) is 0 Å². The highest BCUT2D eigenvalue weighted by atomic mass is 19.4. The van der Waals surface area contributed by atoms with Crippen molar-refractivity contribution < 1.29 is 27.1 Å². The lowest BCUT2D eigenvalue weighted by Crippen LogP contribution is -2.39. The van der Waals surface area contributed by atoms with E-state index in [0.717, 1.165) is 12.1 Å². The molecule has 1 atom stereocenters. The van der Waals surface area contributed by atoms with Crippen LogP contribution in [0.25, 0.3) is 0 Å². The molecule has 0 aliphatic heterocycles. The predicted molar refractivity (Wildman–Crippen MR) is 93.9 cm³/mol. The van der Waals surface area contributed by atoms with E-state index in [4.69, 9.17) is 9.15 Å². The first kappa shape index (κ1) is 20.8. The number of halogens is 3. The smallest absolute Gasteiger partial charge is 0.416 e. The summed E-state index contributed by atoms with van der Waals surface area (Å²) in [6.07, 6.45) is -2.93. The second-order valence-electron chi connectivity index (χ2n) is 6.52. The molecule has 0 saturated heterocycles. The number of carbonyl (C=O) groups excluding carboxylic acids is 1. The topological polar surface area (TPSA) is 63.5 Å². The van der Waals surface area contributed by atoms with Gasteiger partial charge in [0.15, 0.2) is 0 Å². The van der Waals surface area contributed by atoms with Gasteiger partial charge in [0.25, 0.3) is 0 Å². The molecule has 0 fully saturated rings. The fraction of sp³-hybridized carbons (Fsp3) is 0.421. The highest BCUT2D eigenvalue weighted by Crippen LogP contribution is 2.29. The second kappa shape index (κ2) is 9.45. The number of amides is 2. The number of benzene rings is 1. The summed E-state index contributed by atoms with van der Waals surface area (Å²) in [7, 11) is 0. The Morgan fingerprint density at radius 2 is 1.96 bits per heavy atom. The lowest BCUT2D eigenvalue weighted by molar-refractivity contribution is -0.137. The Bertz CT molecular complexity index is 715. The fourth-order valence-electron chi connectivity index (χ4n) is 2.36. The fourth-order valence-corrected chi connectivity index (χ4v) is 2.36. The van der Waals surface area contributed by atoms with Gasteiger partial charge in [-0.1, -0.05) is 26.0 Å². The number of hydrogen-bond donors (Lipinski definition) is 2. The van der Waals surface area contributed by atoms with Crippen LogP contribution < -0.4 is 10.6 Å². The number of carbonyl (C=O) groups is 1. The quantitative estimate of drug-likeness (QED) is 0.704. The van der Waals surface area contributed by atoms with Crippen molar-refractivity contribution in [1.29, 1.82) is 0 Å². The van der Waals surface area contributed by atoms with Crippen molar-refractivity contribution >= 4 is 6.03 Å². The van der Waals surface area contributed by atoms with Gasteiger partial charge in [0.05, 0.1) is 18.4 Å². The predicted octanol–water partition coefficient (Wildman–Crippen LogP) is 4.51. The van der Waals surface area contributed by atoms with E-state index in [1.54, 1.807) is 12.1 Å². The maximum Gasteiger partial charge on any atom is 0.416 e. The van der Waals surface area contributed by atoms with Crippen LogP contribution in [0.15, 0.2) is 47.1 Å². The molecule has 2 aromatic rings. The van der Waals surface area contributed by atoms with Crippen molar-refractivity contribution in [2.75, 3.05) is 13.2 Å². The molecule has 2 N–H and O–H groups in total. The summed E-state index contributed by atoms with van der Waals surface area (Å²) in [6, 6.07) is 7.22. The van der Waals surface area contributed by atoms with Gasteiger partial charge >= 0.3 is 12.2 Å². The molecular formula is C19H23F3N2O3. The Balaban J connectivity index is 1.91. The molecule has 27 heavy (non-hydrogen) atoms. The number of rotatable bonds is 8. The summed E-state index contributed by atoms with van der Waals surface area (Å²) < 4.78 is 49.1. The van der Waals surface area contributed by atoms with Crippen LogP contribution >= 0.6 is 0 Å².